The van der Waals surface area contributed by atoms with E-state index in [2.05, 4.69) is 4.98 Å². The zero-order valence-electron chi connectivity index (χ0n) is 12.3. The van der Waals surface area contributed by atoms with E-state index in [0.29, 0.717) is 5.69 Å². The predicted octanol–water partition coefficient (Wildman–Crippen LogP) is 2.91. The topological polar surface area (TPSA) is 57.0 Å². The fourth-order valence-electron chi connectivity index (χ4n) is 2.07. The van der Waals surface area contributed by atoms with Crippen molar-refractivity contribution in [1.29, 1.82) is 5.26 Å². The Balaban J connectivity index is 2.73. The first kappa shape index (κ1) is 15.6. The van der Waals surface area contributed by atoms with Crippen molar-refractivity contribution in [1.82, 2.24) is 9.88 Å². The molecule has 2 aromatic rings. The molecule has 0 bridgehead atoms. The monoisotopic (exact) mass is 301 g/mol. The molecule has 0 aliphatic carbocycles. The van der Waals surface area contributed by atoms with Gasteiger partial charge in [-0.1, -0.05) is 0 Å². The number of carbonyl (C=O) groups excluding carboxylic acids is 1. The van der Waals surface area contributed by atoms with Crippen molar-refractivity contribution in [2.45, 2.75) is 6.92 Å². The molecule has 6 heteroatoms. The molecule has 1 aromatic carbocycles. The number of hydrogen-bond donors (Lipinski definition) is 0. The zero-order chi connectivity index (χ0) is 16.4. The number of halogens is 2. The highest BCUT2D eigenvalue weighted by molar-refractivity contribution is 5.94. The Kier molecular flexibility index (Phi) is 4.18. The molecule has 0 atom stereocenters. The van der Waals surface area contributed by atoms with Gasteiger partial charge in [0.25, 0.3) is 5.91 Å². The van der Waals surface area contributed by atoms with E-state index in [1.165, 1.54) is 17.0 Å². The van der Waals surface area contributed by atoms with Crippen LogP contribution in [0.15, 0.2) is 24.3 Å². The number of nitriles is 1. The van der Waals surface area contributed by atoms with Gasteiger partial charge in [-0.3, -0.25) is 4.79 Å². The standard InChI is InChI=1S/C16H13F2N3O/c1-9-13(8-19)12(7-15(20-9)16(22)21(2)3)11-5-4-10(17)6-14(11)18/h4-7H,1-3H3. The van der Waals surface area contributed by atoms with Crippen LogP contribution >= 0.6 is 0 Å². The van der Waals surface area contributed by atoms with Crippen molar-refractivity contribution in [3.8, 4) is 17.2 Å². The minimum Gasteiger partial charge on any atom is -0.343 e. The summed E-state index contributed by atoms with van der Waals surface area (Å²) in [5.74, 6) is -1.88. The second-order valence-electron chi connectivity index (χ2n) is 4.95. The molecule has 0 aliphatic rings. The van der Waals surface area contributed by atoms with Crippen LogP contribution in [-0.2, 0) is 0 Å². The lowest BCUT2D eigenvalue weighted by molar-refractivity contribution is 0.0822. The molecular formula is C16H13F2N3O. The van der Waals surface area contributed by atoms with Crippen molar-refractivity contribution in [3.05, 3.63) is 52.9 Å². The highest BCUT2D eigenvalue weighted by atomic mass is 19.1. The summed E-state index contributed by atoms with van der Waals surface area (Å²) >= 11 is 0. The molecule has 4 nitrogen and oxygen atoms in total. The fourth-order valence-corrected chi connectivity index (χ4v) is 2.07. The van der Waals surface area contributed by atoms with Gasteiger partial charge < -0.3 is 4.90 Å². The molecule has 0 fully saturated rings. The number of rotatable bonds is 2. The molecule has 22 heavy (non-hydrogen) atoms. The number of nitrogens with zero attached hydrogens (tertiary/aromatic N) is 3. The van der Waals surface area contributed by atoms with E-state index in [0.717, 1.165) is 12.1 Å². The smallest absolute Gasteiger partial charge is 0.271 e. The molecule has 0 spiro atoms. The first-order chi connectivity index (χ1) is 10.3. The van der Waals surface area contributed by atoms with Gasteiger partial charge in [0.05, 0.1) is 11.3 Å². The number of pyridine rings is 1. The second kappa shape index (κ2) is 5.90. The summed E-state index contributed by atoms with van der Waals surface area (Å²) in [6, 6.07) is 6.38. The molecule has 1 amide bonds. The number of carbonyl (C=O) groups is 1. The first-order valence-electron chi connectivity index (χ1n) is 6.44. The Hall–Kier alpha value is -2.81. The largest absolute Gasteiger partial charge is 0.343 e. The Morgan fingerprint density at radius 1 is 1.23 bits per heavy atom. The number of hydrogen-bond acceptors (Lipinski definition) is 3. The first-order valence-corrected chi connectivity index (χ1v) is 6.44. The maximum Gasteiger partial charge on any atom is 0.271 e. The third-order valence-corrected chi connectivity index (χ3v) is 3.16. The van der Waals surface area contributed by atoms with Crippen LogP contribution in [0.2, 0.25) is 0 Å². The van der Waals surface area contributed by atoms with Gasteiger partial charge in [-0.05, 0) is 25.1 Å². The highest BCUT2D eigenvalue weighted by Gasteiger charge is 2.19. The number of aryl methyl sites for hydroxylation is 1. The number of amides is 1. The van der Waals surface area contributed by atoms with Crippen molar-refractivity contribution in [2.75, 3.05) is 14.1 Å². The summed E-state index contributed by atoms with van der Waals surface area (Å²) in [5, 5.41) is 9.26. The molecule has 2 rings (SSSR count). The minimum atomic E-state index is -0.801. The molecule has 0 saturated carbocycles. The fraction of sp³-hybridized carbons (Fsp3) is 0.188. The lowest BCUT2D eigenvalue weighted by Gasteiger charge is -2.13. The average molecular weight is 301 g/mol. The van der Waals surface area contributed by atoms with Crippen LogP contribution in [0.25, 0.3) is 11.1 Å². The number of benzene rings is 1. The van der Waals surface area contributed by atoms with Gasteiger partial charge >= 0.3 is 0 Å². The molecule has 1 heterocycles. The second-order valence-corrected chi connectivity index (χ2v) is 4.95. The lowest BCUT2D eigenvalue weighted by Crippen LogP contribution is -2.23. The highest BCUT2D eigenvalue weighted by Crippen LogP contribution is 2.29. The van der Waals surface area contributed by atoms with Gasteiger partial charge in [0.2, 0.25) is 0 Å². The predicted molar refractivity (Wildman–Crippen MR) is 77.1 cm³/mol. The van der Waals surface area contributed by atoms with E-state index < -0.39 is 11.6 Å². The summed E-state index contributed by atoms with van der Waals surface area (Å²) in [6.45, 7) is 1.57. The molecule has 0 saturated heterocycles. The maximum absolute atomic E-state index is 14.0. The molecule has 0 aliphatic heterocycles. The van der Waals surface area contributed by atoms with E-state index in [4.69, 9.17) is 0 Å². The van der Waals surface area contributed by atoms with Gasteiger partial charge in [-0.25, -0.2) is 13.8 Å². The van der Waals surface area contributed by atoms with Crippen LogP contribution in [-0.4, -0.2) is 29.9 Å². The maximum atomic E-state index is 14.0. The van der Waals surface area contributed by atoms with Gasteiger partial charge in [-0.2, -0.15) is 5.26 Å². The van der Waals surface area contributed by atoms with E-state index >= 15 is 0 Å². The third-order valence-electron chi connectivity index (χ3n) is 3.16. The van der Waals surface area contributed by atoms with Crippen molar-refractivity contribution >= 4 is 5.91 Å². The normalized spacial score (nSPS) is 10.2. The van der Waals surface area contributed by atoms with Crippen molar-refractivity contribution < 1.29 is 13.6 Å². The molecular weight excluding hydrogens is 288 g/mol. The third kappa shape index (κ3) is 2.79. The van der Waals surface area contributed by atoms with Crippen LogP contribution in [0.5, 0.6) is 0 Å². The van der Waals surface area contributed by atoms with Crippen LogP contribution in [0, 0.1) is 29.9 Å². The molecule has 0 N–H and O–H groups in total. The lowest BCUT2D eigenvalue weighted by atomic mass is 9.98. The molecule has 0 radical (unpaired) electrons. The summed E-state index contributed by atoms with van der Waals surface area (Å²) in [4.78, 5) is 17.5. The van der Waals surface area contributed by atoms with Crippen LogP contribution < -0.4 is 0 Å². The van der Waals surface area contributed by atoms with E-state index in [1.807, 2.05) is 6.07 Å². The molecule has 0 unspecified atom stereocenters. The Morgan fingerprint density at radius 2 is 1.91 bits per heavy atom. The molecule has 112 valence electrons. The zero-order valence-corrected chi connectivity index (χ0v) is 12.3. The number of aromatic nitrogens is 1. The quantitative estimate of drug-likeness (QED) is 0.857. The van der Waals surface area contributed by atoms with Crippen LogP contribution in [0.4, 0.5) is 8.78 Å². The van der Waals surface area contributed by atoms with Gasteiger partial charge in [-0.15, -0.1) is 0 Å². The summed E-state index contributed by atoms with van der Waals surface area (Å²) in [7, 11) is 3.13. The Morgan fingerprint density at radius 3 is 2.45 bits per heavy atom. The van der Waals surface area contributed by atoms with Crippen molar-refractivity contribution in [2.24, 2.45) is 0 Å². The SMILES string of the molecule is Cc1nc(C(=O)N(C)C)cc(-c2ccc(F)cc2F)c1C#N. The van der Waals surface area contributed by atoms with Gasteiger partial charge in [0.15, 0.2) is 0 Å². The van der Waals surface area contributed by atoms with E-state index in [-0.39, 0.29) is 28.3 Å². The minimum absolute atomic E-state index is 0.0521. The molecule has 1 aromatic heterocycles. The summed E-state index contributed by atoms with van der Waals surface area (Å²) in [6.07, 6.45) is 0. The van der Waals surface area contributed by atoms with Gasteiger partial charge in [0, 0.05) is 31.3 Å². The van der Waals surface area contributed by atoms with E-state index in [1.54, 1.807) is 21.0 Å². The summed E-state index contributed by atoms with van der Waals surface area (Å²) in [5.41, 5.74) is 0.837. The average Bonchev–Trinajstić information content (AvgIpc) is 2.45. The van der Waals surface area contributed by atoms with Crippen LogP contribution in [0.1, 0.15) is 21.7 Å². The van der Waals surface area contributed by atoms with Crippen LogP contribution in [0.3, 0.4) is 0 Å². The Labute approximate surface area is 126 Å². The van der Waals surface area contributed by atoms with Crippen molar-refractivity contribution in [3.63, 3.8) is 0 Å². The van der Waals surface area contributed by atoms with E-state index in [9.17, 15) is 18.8 Å². The van der Waals surface area contributed by atoms with Gasteiger partial charge in [0.1, 0.15) is 23.4 Å². The Bertz CT molecular complexity index is 795. The summed E-state index contributed by atoms with van der Waals surface area (Å²) < 4.78 is 27.1.